The van der Waals surface area contributed by atoms with Crippen molar-refractivity contribution in [2.75, 3.05) is 23.3 Å². The van der Waals surface area contributed by atoms with Crippen molar-refractivity contribution in [3.63, 3.8) is 0 Å². The first-order valence-corrected chi connectivity index (χ1v) is 11.2. The van der Waals surface area contributed by atoms with Crippen LogP contribution in [0.1, 0.15) is 42.7 Å². The summed E-state index contributed by atoms with van der Waals surface area (Å²) in [6.07, 6.45) is 0.760. The highest BCUT2D eigenvalue weighted by molar-refractivity contribution is 5.94. The van der Waals surface area contributed by atoms with Crippen LogP contribution in [-0.2, 0) is 16.6 Å². The monoisotopic (exact) mass is 487 g/mol. The first kappa shape index (κ1) is 23.1. The van der Waals surface area contributed by atoms with Crippen molar-refractivity contribution in [2.45, 2.75) is 44.6 Å². The van der Waals surface area contributed by atoms with Crippen LogP contribution in [0.15, 0.2) is 36.8 Å². The maximum Gasteiger partial charge on any atom is 0.504 e. The molecule has 1 fully saturated rings. The molecule has 0 saturated carbocycles. The zero-order chi connectivity index (χ0) is 25.0. The molecule has 0 spiro atoms. The Kier molecular flexibility index (Phi) is 5.42. The van der Waals surface area contributed by atoms with Crippen LogP contribution >= 0.6 is 0 Å². The summed E-state index contributed by atoms with van der Waals surface area (Å²) in [5, 5.41) is 6.60. The van der Waals surface area contributed by atoms with Gasteiger partial charge in [-0.15, -0.1) is 13.2 Å². The number of carbonyl (C=O) groups excluding carboxylic acids is 1. The minimum absolute atomic E-state index is 0.0280. The minimum atomic E-state index is -4.61. The number of nitrogens with two attached hydrogens (primary N) is 1. The van der Waals surface area contributed by atoms with E-state index in [1.54, 1.807) is 32.0 Å². The molecular weight excluding hydrogens is 463 g/mol. The summed E-state index contributed by atoms with van der Waals surface area (Å²) in [4.78, 5) is 23.1. The van der Waals surface area contributed by atoms with Gasteiger partial charge in [0.1, 0.15) is 22.9 Å². The lowest BCUT2D eigenvalue weighted by atomic mass is 10.0. The van der Waals surface area contributed by atoms with Gasteiger partial charge in [0.05, 0.1) is 11.8 Å². The number of rotatable bonds is 4. The van der Waals surface area contributed by atoms with Crippen LogP contribution in [0, 0.1) is 0 Å². The fourth-order valence-electron chi connectivity index (χ4n) is 4.45. The normalized spacial score (nSPS) is 19.4. The maximum absolute atomic E-state index is 13.1. The summed E-state index contributed by atoms with van der Waals surface area (Å²) in [7, 11) is 0. The number of pyridine rings is 2. The van der Waals surface area contributed by atoms with Gasteiger partial charge in [-0.05, 0) is 38.8 Å². The summed E-state index contributed by atoms with van der Waals surface area (Å²) in [5.74, 6) is 0.484. The lowest BCUT2D eigenvalue weighted by molar-refractivity contribution is -0.212. The smallest absolute Gasteiger partial charge is 0.449 e. The third-order valence-corrected chi connectivity index (χ3v) is 6.12. The molecule has 1 saturated heterocycles. The molecule has 3 aromatic rings. The molecule has 12 heteroatoms. The molecular formula is C23H24F3N7O2. The average molecular weight is 487 g/mol. The second-order valence-electron chi connectivity index (χ2n) is 9.19. The Morgan fingerprint density at radius 1 is 1.20 bits per heavy atom. The number of alkyl halides is 3. The van der Waals surface area contributed by atoms with E-state index in [1.165, 1.54) is 12.4 Å². The summed E-state index contributed by atoms with van der Waals surface area (Å²) in [6.45, 7) is 4.80. The van der Waals surface area contributed by atoms with Crippen molar-refractivity contribution in [2.24, 2.45) is 5.73 Å². The lowest BCUT2D eigenvalue weighted by Crippen LogP contribution is -2.43. The van der Waals surface area contributed by atoms with Gasteiger partial charge in [0.15, 0.2) is 0 Å². The number of aromatic nitrogens is 4. The number of halogens is 3. The minimum Gasteiger partial charge on any atom is -0.449 e. The fourth-order valence-corrected chi connectivity index (χ4v) is 4.45. The Morgan fingerprint density at radius 3 is 2.71 bits per heavy atom. The third-order valence-electron chi connectivity index (χ3n) is 6.12. The molecule has 0 radical (unpaired) electrons. The SMILES string of the molecule is CC1(C)OC(=O)c2ccc(Nc3cc(N4CCC[C@H](N)C4)c(-c4cnn(C(F)(F)F)c4)cn3)nc21. The van der Waals surface area contributed by atoms with Gasteiger partial charge in [0.2, 0.25) is 0 Å². The number of anilines is 3. The number of nitrogens with zero attached hydrogens (tertiary/aromatic N) is 5. The number of hydrogen-bond acceptors (Lipinski definition) is 8. The number of carbonyl (C=O) groups is 1. The molecule has 5 rings (SSSR count). The van der Waals surface area contributed by atoms with Crippen LogP contribution in [0.25, 0.3) is 11.1 Å². The highest BCUT2D eigenvalue weighted by atomic mass is 19.4. The lowest BCUT2D eigenvalue weighted by Gasteiger charge is -2.34. The molecule has 0 aliphatic carbocycles. The predicted octanol–water partition coefficient (Wildman–Crippen LogP) is 3.89. The van der Waals surface area contributed by atoms with Crippen LogP contribution < -0.4 is 16.0 Å². The van der Waals surface area contributed by atoms with Crippen LogP contribution in [0.4, 0.5) is 30.5 Å². The van der Waals surface area contributed by atoms with E-state index in [0.717, 1.165) is 19.0 Å². The van der Waals surface area contributed by atoms with E-state index in [2.05, 4.69) is 20.4 Å². The van der Waals surface area contributed by atoms with Crippen molar-refractivity contribution in [1.29, 1.82) is 0 Å². The number of nitrogens with one attached hydrogen (secondary N) is 1. The number of cyclic esters (lactones) is 1. The first-order chi connectivity index (χ1) is 16.5. The molecule has 0 bridgehead atoms. The van der Waals surface area contributed by atoms with Gasteiger partial charge in [-0.2, -0.15) is 9.78 Å². The van der Waals surface area contributed by atoms with Crippen LogP contribution in [0.2, 0.25) is 0 Å². The molecule has 35 heavy (non-hydrogen) atoms. The van der Waals surface area contributed by atoms with E-state index < -0.39 is 17.9 Å². The van der Waals surface area contributed by atoms with Gasteiger partial charge in [0, 0.05) is 54.4 Å². The zero-order valence-electron chi connectivity index (χ0n) is 19.1. The van der Waals surface area contributed by atoms with Crippen molar-refractivity contribution >= 4 is 23.3 Å². The standard InChI is InChI=1S/C23H24F3N7O2/c1-22(2)20-15(21(34)35-22)5-6-18(31-20)30-19-8-17(32-7-3-4-14(27)12-32)16(10-28-19)13-9-29-33(11-13)23(24,25)26/h5-6,8-11,14H,3-4,7,12,27H2,1-2H3,(H,28,30,31)/t14-/m0/s1. The summed E-state index contributed by atoms with van der Waals surface area (Å²) >= 11 is 0. The number of hydrogen-bond donors (Lipinski definition) is 2. The van der Waals surface area contributed by atoms with Crippen molar-refractivity contribution < 1.29 is 22.7 Å². The molecule has 9 nitrogen and oxygen atoms in total. The van der Waals surface area contributed by atoms with E-state index in [0.29, 0.717) is 52.8 Å². The fraction of sp³-hybridized carbons (Fsp3) is 0.391. The number of esters is 1. The van der Waals surface area contributed by atoms with E-state index >= 15 is 0 Å². The Hall–Kier alpha value is -3.67. The maximum atomic E-state index is 13.1. The zero-order valence-corrected chi connectivity index (χ0v) is 19.1. The molecule has 3 aromatic heterocycles. The highest BCUT2D eigenvalue weighted by Gasteiger charge is 2.39. The average Bonchev–Trinajstić information content (AvgIpc) is 3.37. The van der Waals surface area contributed by atoms with Crippen LogP contribution in [0.5, 0.6) is 0 Å². The second kappa shape index (κ2) is 8.22. The largest absolute Gasteiger partial charge is 0.504 e. The van der Waals surface area contributed by atoms with Gasteiger partial charge in [-0.25, -0.2) is 14.8 Å². The molecule has 2 aliphatic heterocycles. The molecule has 0 amide bonds. The quantitative estimate of drug-likeness (QED) is 0.533. The molecule has 2 aliphatic rings. The van der Waals surface area contributed by atoms with Crippen LogP contribution in [-0.4, -0.2) is 44.8 Å². The molecule has 0 unspecified atom stereocenters. The van der Waals surface area contributed by atoms with Gasteiger partial charge < -0.3 is 20.7 Å². The van der Waals surface area contributed by atoms with E-state index in [4.69, 9.17) is 10.5 Å². The molecule has 0 aromatic carbocycles. The van der Waals surface area contributed by atoms with Gasteiger partial charge in [-0.3, -0.25) is 0 Å². The van der Waals surface area contributed by atoms with Crippen molar-refractivity contribution in [3.8, 4) is 11.1 Å². The number of ether oxygens (including phenoxy) is 1. The summed E-state index contributed by atoms with van der Waals surface area (Å²) in [5.41, 5.74) is 7.76. The number of piperidine rings is 1. The van der Waals surface area contributed by atoms with Crippen molar-refractivity contribution in [1.82, 2.24) is 19.7 Å². The van der Waals surface area contributed by atoms with Crippen molar-refractivity contribution in [3.05, 3.63) is 48.0 Å². The second-order valence-corrected chi connectivity index (χ2v) is 9.19. The van der Waals surface area contributed by atoms with E-state index in [9.17, 15) is 18.0 Å². The molecule has 5 heterocycles. The topological polar surface area (TPSA) is 111 Å². The third kappa shape index (κ3) is 4.41. The summed E-state index contributed by atoms with van der Waals surface area (Å²) in [6, 6.07) is 5.02. The van der Waals surface area contributed by atoms with Gasteiger partial charge >= 0.3 is 12.3 Å². The van der Waals surface area contributed by atoms with Crippen LogP contribution in [0.3, 0.4) is 0 Å². The van der Waals surface area contributed by atoms with Gasteiger partial charge in [-0.1, -0.05) is 0 Å². The first-order valence-electron chi connectivity index (χ1n) is 11.2. The Balaban J connectivity index is 1.51. The van der Waals surface area contributed by atoms with E-state index in [1.807, 2.05) is 4.90 Å². The Bertz CT molecular complexity index is 1290. The number of fused-ring (bicyclic) bond motifs is 1. The predicted molar refractivity (Wildman–Crippen MR) is 122 cm³/mol. The molecule has 184 valence electrons. The highest BCUT2D eigenvalue weighted by Crippen LogP contribution is 2.37. The van der Waals surface area contributed by atoms with E-state index in [-0.39, 0.29) is 10.7 Å². The Morgan fingerprint density at radius 2 is 2.00 bits per heavy atom. The summed E-state index contributed by atoms with van der Waals surface area (Å²) < 4.78 is 44.7. The van der Waals surface area contributed by atoms with Gasteiger partial charge in [0.25, 0.3) is 0 Å². The Labute approximate surface area is 199 Å². The molecule has 1 atom stereocenters. The molecule has 3 N–H and O–H groups in total.